The van der Waals surface area contributed by atoms with Gasteiger partial charge in [-0.2, -0.15) is 11.8 Å². The van der Waals surface area contributed by atoms with Crippen molar-refractivity contribution in [3.05, 3.63) is 72.1 Å². The Morgan fingerprint density at radius 1 is 1.27 bits per heavy atom. The molecule has 3 aromatic rings. The molecule has 0 bridgehead atoms. The molecule has 1 atom stereocenters. The van der Waals surface area contributed by atoms with Crippen LogP contribution < -0.4 is 0 Å². The second-order valence-electron chi connectivity index (χ2n) is 7.14. The van der Waals surface area contributed by atoms with Crippen molar-refractivity contribution < 1.29 is 17.2 Å². The van der Waals surface area contributed by atoms with Gasteiger partial charge in [-0.05, 0) is 43.5 Å². The van der Waals surface area contributed by atoms with Gasteiger partial charge in [0.25, 0.3) is 0 Å². The molecule has 1 unspecified atom stereocenters. The van der Waals surface area contributed by atoms with E-state index in [-0.39, 0.29) is 29.2 Å². The van der Waals surface area contributed by atoms with Crippen LogP contribution >= 0.6 is 11.8 Å². The topological polar surface area (TPSA) is 77.7 Å². The average Bonchev–Trinajstić information content (AvgIpc) is 3.14. The van der Waals surface area contributed by atoms with E-state index in [2.05, 4.69) is 15.0 Å². The van der Waals surface area contributed by atoms with Gasteiger partial charge in [-0.3, -0.25) is 0 Å². The van der Waals surface area contributed by atoms with Crippen molar-refractivity contribution in [3.8, 4) is 0 Å². The molecule has 0 N–H and O–H groups in total. The van der Waals surface area contributed by atoms with Gasteiger partial charge in [0, 0.05) is 35.5 Å². The minimum Gasteiger partial charge on any atom is -0.237 e. The van der Waals surface area contributed by atoms with Crippen LogP contribution in [0.3, 0.4) is 0 Å². The molecule has 1 aliphatic carbocycles. The summed E-state index contributed by atoms with van der Waals surface area (Å²) in [6, 6.07) is 5.10. The molecule has 3 aromatic heterocycles. The summed E-state index contributed by atoms with van der Waals surface area (Å²) in [4.78, 5) is 12.3. The largest absolute Gasteiger partial charge is 0.249 e. The van der Waals surface area contributed by atoms with E-state index in [1.807, 2.05) is 6.26 Å². The Morgan fingerprint density at radius 2 is 2.07 bits per heavy atom. The number of thioether (sulfide) groups is 1. The maximum atomic E-state index is 14.6. The van der Waals surface area contributed by atoms with Crippen LogP contribution in [0, 0.1) is 5.82 Å². The van der Waals surface area contributed by atoms with Crippen LogP contribution in [0.25, 0.3) is 16.6 Å². The van der Waals surface area contributed by atoms with Crippen LogP contribution in [0.2, 0.25) is 0 Å². The quantitative estimate of drug-likeness (QED) is 0.585. The third kappa shape index (κ3) is 3.43. The summed E-state index contributed by atoms with van der Waals surface area (Å²) < 4.78 is 55.0. The second-order valence-corrected chi connectivity index (χ2v) is 10.3. The minimum atomic E-state index is -4.08. The SMILES string of the molecule is CSCc1nc(C2=CC(F)=CC(C)(S(=O)(=O)n3ccc4cccnc43)C2)ncc1F. The van der Waals surface area contributed by atoms with Gasteiger partial charge in [0.05, 0.1) is 11.9 Å². The molecular weight excluding hydrogens is 430 g/mol. The summed E-state index contributed by atoms with van der Waals surface area (Å²) in [5.41, 5.74) is 0.741. The summed E-state index contributed by atoms with van der Waals surface area (Å²) in [6.07, 6.45) is 7.95. The van der Waals surface area contributed by atoms with E-state index < -0.39 is 26.4 Å². The maximum absolute atomic E-state index is 14.6. The first-order chi connectivity index (χ1) is 14.2. The lowest BCUT2D eigenvalue weighted by Crippen LogP contribution is -2.39. The average molecular weight is 449 g/mol. The van der Waals surface area contributed by atoms with E-state index in [9.17, 15) is 17.2 Å². The first kappa shape index (κ1) is 20.7. The van der Waals surface area contributed by atoms with Gasteiger partial charge in [0.15, 0.2) is 17.3 Å². The fraction of sp³-hybridized carbons (Fsp3) is 0.250. The zero-order valence-corrected chi connectivity index (χ0v) is 17.8. The van der Waals surface area contributed by atoms with Gasteiger partial charge in [0.1, 0.15) is 10.6 Å². The van der Waals surface area contributed by atoms with Crippen molar-refractivity contribution in [1.29, 1.82) is 0 Å². The van der Waals surface area contributed by atoms with Crippen molar-refractivity contribution in [3.63, 3.8) is 0 Å². The highest BCUT2D eigenvalue weighted by Gasteiger charge is 2.43. The maximum Gasteiger partial charge on any atom is 0.249 e. The highest BCUT2D eigenvalue weighted by molar-refractivity contribution is 7.97. The Bertz CT molecular complexity index is 1300. The number of fused-ring (bicyclic) bond motifs is 1. The molecule has 30 heavy (non-hydrogen) atoms. The number of aromatic nitrogens is 4. The molecule has 0 aromatic carbocycles. The molecular formula is C20H18F2N4O2S2. The predicted octanol–water partition coefficient (Wildman–Crippen LogP) is 4.11. The standard InChI is InChI=1S/C20H18F2N4O2S2/c1-20(30(27,28)26-7-5-13-4-3-6-23-19(13)26)9-14(8-15(21)10-20)18-24-11-16(22)17(25-18)12-29-2/h3-8,10-11H,9,12H2,1-2H3. The van der Waals surface area contributed by atoms with Crippen LogP contribution in [0.5, 0.6) is 0 Å². The number of allylic oxidation sites excluding steroid dienone is 3. The Hall–Kier alpha value is -2.59. The minimum absolute atomic E-state index is 0.0698. The van der Waals surface area contributed by atoms with Crippen molar-refractivity contribution in [2.75, 3.05) is 6.26 Å². The molecule has 6 nitrogen and oxygen atoms in total. The summed E-state index contributed by atoms with van der Waals surface area (Å²) in [7, 11) is -4.08. The Labute approximate surface area is 176 Å². The summed E-state index contributed by atoms with van der Waals surface area (Å²) in [5, 5.41) is 0.657. The molecule has 1 aliphatic rings. The van der Waals surface area contributed by atoms with Crippen LogP contribution in [-0.2, 0) is 15.8 Å². The lowest BCUT2D eigenvalue weighted by Gasteiger charge is -2.30. The summed E-state index contributed by atoms with van der Waals surface area (Å²) in [5.74, 6) is -0.837. The molecule has 0 radical (unpaired) electrons. The third-order valence-corrected chi connectivity index (χ3v) is 7.76. The highest BCUT2D eigenvalue weighted by atomic mass is 32.2. The van der Waals surface area contributed by atoms with Crippen LogP contribution in [0.1, 0.15) is 24.9 Å². The van der Waals surface area contributed by atoms with E-state index in [4.69, 9.17) is 0 Å². The van der Waals surface area contributed by atoms with Gasteiger partial charge in [-0.1, -0.05) is 0 Å². The van der Waals surface area contributed by atoms with E-state index in [0.29, 0.717) is 11.1 Å². The molecule has 10 heteroatoms. The van der Waals surface area contributed by atoms with Crippen molar-refractivity contribution >= 4 is 38.4 Å². The van der Waals surface area contributed by atoms with Crippen molar-refractivity contribution in [2.24, 2.45) is 0 Å². The Morgan fingerprint density at radius 3 is 2.83 bits per heavy atom. The van der Waals surface area contributed by atoms with Crippen LogP contribution in [0.15, 0.2) is 54.8 Å². The molecule has 0 saturated carbocycles. The van der Waals surface area contributed by atoms with Gasteiger partial charge in [-0.15, -0.1) is 0 Å². The highest BCUT2D eigenvalue weighted by Crippen LogP contribution is 2.39. The van der Waals surface area contributed by atoms with Gasteiger partial charge in [-0.25, -0.2) is 36.1 Å². The van der Waals surface area contributed by atoms with E-state index in [1.165, 1.54) is 37.2 Å². The second kappa shape index (κ2) is 7.59. The molecule has 0 spiro atoms. The number of hydrogen-bond donors (Lipinski definition) is 0. The molecule has 4 rings (SSSR count). The van der Waals surface area contributed by atoms with Crippen LogP contribution in [0.4, 0.5) is 8.78 Å². The lowest BCUT2D eigenvalue weighted by molar-refractivity contribution is 0.546. The first-order valence-corrected chi connectivity index (χ1v) is 11.9. The van der Waals surface area contributed by atoms with Gasteiger partial charge < -0.3 is 0 Å². The Balaban J connectivity index is 1.77. The molecule has 3 heterocycles. The molecule has 0 saturated heterocycles. The summed E-state index contributed by atoms with van der Waals surface area (Å²) in [6.45, 7) is 1.44. The molecule has 0 amide bonds. The Kier molecular flexibility index (Phi) is 5.23. The summed E-state index contributed by atoms with van der Waals surface area (Å²) >= 11 is 1.39. The monoisotopic (exact) mass is 448 g/mol. The number of halogens is 2. The lowest BCUT2D eigenvalue weighted by atomic mass is 9.94. The zero-order valence-electron chi connectivity index (χ0n) is 16.2. The van der Waals surface area contributed by atoms with Crippen molar-refractivity contribution in [1.82, 2.24) is 18.9 Å². The number of nitrogens with zero attached hydrogens (tertiary/aromatic N) is 4. The molecule has 0 aliphatic heterocycles. The van der Waals surface area contributed by atoms with E-state index >= 15 is 0 Å². The van der Waals surface area contributed by atoms with E-state index in [1.54, 1.807) is 18.2 Å². The number of rotatable bonds is 5. The predicted molar refractivity (Wildman–Crippen MR) is 113 cm³/mol. The van der Waals surface area contributed by atoms with Crippen LogP contribution in [-0.4, -0.2) is 38.3 Å². The molecule has 0 fully saturated rings. The third-order valence-electron chi connectivity index (χ3n) is 4.95. The number of pyridine rings is 1. The molecule has 156 valence electrons. The van der Waals surface area contributed by atoms with Crippen molar-refractivity contribution in [2.45, 2.75) is 23.8 Å². The fourth-order valence-electron chi connectivity index (χ4n) is 3.45. The smallest absolute Gasteiger partial charge is 0.237 e. The van der Waals surface area contributed by atoms with E-state index in [0.717, 1.165) is 16.2 Å². The normalized spacial score (nSPS) is 19.6. The van der Waals surface area contributed by atoms with Gasteiger partial charge in [0.2, 0.25) is 10.0 Å². The zero-order chi connectivity index (χ0) is 21.5. The first-order valence-electron chi connectivity index (χ1n) is 9.02. The fourth-order valence-corrected chi connectivity index (χ4v) is 5.57. The number of hydrogen-bond acceptors (Lipinski definition) is 6. The van der Waals surface area contributed by atoms with Gasteiger partial charge >= 0.3 is 0 Å².